The molecule has 0 spiro atoms. The Morgan fingerprint density at radius 3 is 3.15 bits per heavy atom. The Balaban J connectivity index is 2.83. The molecule has 0 aliphatic rings. The molecular weight excluding hydrogens is 210 g/mol. The molecule has 2 heterocycles. The number of fused-ring (bicyclic) bond motifs is 1. The van der Waals surface area contributed by atoms with Gasteiger partial charge in [-0.25, -0.2) is 0 Å². The van der Waals surface area contributed by atoms with Crippen molar-refractivity contribution in [2.75, 3.05) is 0 Å². The van der Waals surface area contributed by atoms with Crippen LogP contribution in [0.15, 0.2) is 10.9 Å². The van der Waals surface area contributed by atoms with E-state index in [-0.39, 0.29) is 5.56 Å². The van der Waals surface area contributed by atoms with E-state index in [1.807, 2.05) is 6.92 Å². The third kappa shape index (κ3) is 1.45. The maximum atomic E-state index is 11.0. The summed E-state index contributed by atoms with van der Waals surface area (Å²) in [5.41, 5.74) is -0.323. The molecule has 0 saturated heterocycles. The Morgan fingerprint density at radius 2 is 2.46 bits per heavy atom. The average molecular weight is 216 g/mol. The highest BCUT2D eigenvalue weighted by Crippen LogP contribution is 2.15. The highest BCUT2D eigenvalue weighted by Gasteiger charge is 2.06. The van der Waals surface area contributed by atoms with Crippen LogP contribution >= 0.6 is 22.9 Å². The molecule has 2 aromatic rings. The summed E-state index contributed by atoms with van der Waals surface area (Å²) in [5.74, 6) is 0. The lowest BCUT2D eigenvalue weighted by Crippen LogP contribution is -2.06. The zero-order valence-electron chi connectivity index (χ0n) is 6.82. The molecule has 4 nitrogen and oxygen atoms in total. The third-order valence-corrected chi connectivity index (χ3v) is 2.88. The van der Waals surface area contributed by atoms with Gasteiger partial charge in [-0.05, 0) is 6.42 Å². The fourth-order valence-corrected chi connectivity index (χ4v) is 2.07. The molecule has 0 bridgehead atoms. The van der Waals surface area contributed by atoms with Crippen LogP contribution in [-0.2, 0) is 6.42 Å². The van der Waals surface area contributed by atoms with Gasteiger partial charge in [-0.3, -0.25) is 4.79 Å². The second kappa shape index (κ2) is 3.08. The van der Waals surface area contributed by atoms with Crippen LogP contribution in [0, 0.1) is 0 Å². The van der Waals surface area contributed by atoms with Crippen LogP contribution in [-0.4, -0.2) is 14.6 Å². The van der Waals surface area contributed by atoms with E-state index in [1.165, 1.54) is 21.9 Å². The van der Waals surface area contributed by atoms with Crippen LogP contribution in [0.5, 0.6) is 0 Å². The lowest BCUT2D eigenvalue weighted by molar-refractivity contribution is 0.885. The van der Waals surface area contributed by atoms with Crippen molar-refractivity contribution in [2.24, 2.45) is 0 Å². The average Bonchev–Trinajstić information content (AvgIpc) is 2.47. The zero-order chi connectivity index (χ0) is 9.42. The van der Waals surface area contributed by atoms with Gasteiger partial charge in [0.2, 0.25) is 4.96 Å². The molecule has 0 fully saturated rings. The number of hydrogen-bond acceptors (Lipinski definition) is 4. The summed E-state index contributed by atoms with van der Waals surface area (Å²) in [4.78, 5) is 15.3. The van der Waals surface area contributed by atoms with E-state index in [0.29, 0.717) is 10.1 Å². The zero-order valence-corrected chi connectivity index (χ0v) is 8.39. The van der Waals surface area contributed by atoms with E-state index in [9.17, 15) is 4.79 Å². The second-order valence-corrected chi connectivity index (χ2v) is 3.89. The van der Waals surface area contributed by atoms with Gasteiger partial charge in [0.25, 0.3) is 5.56 Å². The Bertz CT molecular complexity index is 504. The van der Waals surface area contributed by atoms with Gasteiger partial charge in [0.1, 0.15) is 10.2 Å². The standard InChI is InChI=1S/C7H6ClN3OS/c1-2-6-10-11-4(8)3-5(12)9-7(11)13-6/h3H,2H2,1H3. The molecule has 2 aromatic heterocycles. The van der Waals surface area contributed by atoms with Gasteiger partial charge in [-0.15, -0.1) is 0 Å². The quantitative estimate of drug-likeness (QED) is 0.675. The number of hydrogen-bond donors (Lipinski definition) is 0. The topological polar surface area (TPSA) is 47.3 Å². The summed E-state index contributed by atoms with van der Waals surface area (Å²) in [7, 11) is 0. The van der Waals surface area contributed by atoms with Crippen molar-refractivity contribution in [1.29, 1.82) is 0 Å². The molecule has 0 saturated carbocycles. The Hall–Kier alpha value is -0.940. The number of nitrogens with zero attached hydrogens (tertiary/aromatic N) is 3. The highest BCUT2D eigenvalue weighted by atomic mass is 35.5. The minimum atomic E-state index is -0.323. The largest absolute Gasteiger partial charge is 0.275 e. The van der Waals surface area contributed by atoms with Crippen LogP contribution in [0.4, 0.5) is 0 Å². The molecule has 6 heteroatoms. The first-order valence-corrected chi connectivity index (χ1v) is 4.95. The molecule has 0 aliphatic heterocycles. The maximum Gasteiger partial charge on any atom is 0.275 e. The lowest BCUT2D eigenvalue weighted by Gasteiger charge is -1.90. The van der Waals surface area contributed by atoms with Crippen molar-refractivity contribution < 1.29 is 0 Å². The molecule has 0 N–H and O–H groups in total. The third-order valence-electron chi connectivity index (χ3n) is 1.56. The van der Waals surface area contributed by atoms with Crippen LogP contribution in [0.1, 0.15) is 11.9 Å². The van der Waals surface area contributed by atoms with E-state index >= 15 is 0 Å². The van der Waals surface area contributed by atoms with Gasteiger partial charge >= 0.3 is 0 Å². The molecule has 0 atom stereocenters. The highest BCUT2D eigenvalue weighted by molar-refractivity contribution is 7.16. The predicted molar refractivity (Wildman–Crippen MR) is 51.5 cm³/mol. The minimum Gasteiger partial charge on any atom is -0.267 e. The predicted octanol–water partition coefficient (Wildman–Crippen LogP) is 1.37. The maximum absolute atomic E-state index is 11.0. The second-order valence-electron chi connectivity index (χ2n) is 2.46. The van der Waals surface area contributed by atoms with Crippen LogP contribution < -0.4 is 5.56 Å². The SMILES string of the molecule is CCc1nn2c(Cl)cc(=O)nc2s1. The Morgan fingerprint density at radius 1 is 1.69 bits per heavy atom. The summed E-state index contributed by atoms with van der Waals surface area (Å²) in [6.45, 7) is 1.99. The molecule has 0 aromatic carbocycles. The lowest BCUT2D eigenvalue weighted by atomic mass is 10.5. The van der Waals surface area contributed by atoms with E-state index in [1.54, 1.807) is 0 Å². The van der Waals surface area contributed by atoms with Gasteiger partial charge in [-0.2, -0.15) is 14.6 Å². The Labute approximate surface area is 82.8 Å². The van der Waals surface area contributed by atoms with Crippen LogP contribution in [0.3, 0.4) is 0 Å². The number of halogens is 1. The van der Waals surface area contributed by atoms with Crippen molar-refractivity contribution in [2.45, 2.75) is 13.3 Å². The summed E-state index contributed by atoms with van der Waals surface area (Å²) in [5, 5.41) is 5.40. The van der Waals surface area contributed by atoms with Crippen LogP contribution in [0.2, 0.25) is 5.15 Å². The van der Waals surface area contributed by atoms with Crippen molar-refractivity contribution in [3.05, 3.63) is 26.6 Å². The van der Waals surface area contributed by atoms with Gasteiger partial charge in [0.05, 0.1) is 0 Å². The Kier molecular flexibility index (Phi) is 2.05. The number of aromatic nitrogens is 3. The number of rotatable bonds is 1. The molecule has 0 radical (unpaired) electrons. The fraction of sp³-hybridized carbons (Fsp3) is 0.286. The van der Waals surface area contributed by atoms with Gasteiger partial charge in [0.15, 0.2) is 0 Å². The molecule has 0 unspecified atom stereocenters. The van der Waals surface area contributed by atoms with E-state index in [2.05, 4.69) is 10.1 Å². The van der Waals surface area contributed by atoms with Crippen molar-refractivity contribution in [3.8, 4) is 0 Å². The molecule has 0 amide bonds. The van der Waals surface area contributed by atoms with E-state index in [4.69, 9.17) is 11.6 Å². The van der Waals surface area contributed by atoms with Gasteiger partial charge in [-0.1, -0.05) is 29.9 Å². The molecule has 13 heavy (non-hydrogen) atoms. The first-order chi connectivity index (χ1) is 6.20. The molecule has 2 rings (SSSR count). The van der Waals surface area contributed by atoms with Crippen molar-refractivity contribution in [1.82, 2.24) is 14.6 Å². The summed E-state index contributed by atoms with van der Waals surface area (Å²) < 4.78 is 1.48. The molecule has 68 valence electrons. The van der Waals surface area contributed by atoms with Gasteiger partial charge < -0.3 is 0 Å². The summed E-state index contributed by atoms with van der Waals surface area (Å²) >= 11 is 7.18. The van der Waals surface area contributed by atoms with Crippen molar-refractivity contribution >= 4 is 27.9 Å². The summed E-state index contributed by atoms with van der Waals surface area (Å²) in [6.07, 6.45) is 0.818. The molecule has 0 aliphatic carbocycles. The fourth-order valence-electron chi connectivity index (χ4n) is 0.965. The molecular formula is C7H6ClN3OS. The monoisotopic (exact) mass is 215 g/mol. The van der Waals surface area contributed by atoms with E-state index < -0.39 is 0 Å². The summed E-state index contributed by atoms with van der Waals surface area (Å²) in [6, 6.07) is 1.26. The smallest absolute Gasteiger partial charge is 0.267 e. The number of aryl methyl sites for hydroxylation is 1. The van der Waals surface area contributed by atoms with E-state index in [0.717, 1.165) is 11.4 Å². The van der Waals surface area contributed by atoms with Crippen molar-refractivity contribution in [3.63, 3.8) is 0 Å². The van der Waals surface area contributed by atoms with Crippen LogP contribution in [0.25, 0.3) is 4.96 Å². The first-order valence-electron chi connectivity index (χ1n) is 3.76. The van der Waals surface area contributed by atoms with Gasteiger partial charge in [0, 0.05) is 6.07 Å². The normalized spacial score (nSPS) is 10.9. The first kappa shape index (κ1) is 8.65. The minimum absolute atomic E-state index is 0.311.